The second kappa shape index (κ2) is 15.2. The van der Waals surface area contributed by atoms with E-state index >= 15 is 0 Å². The molecule has 0 aromatic heterocycles. The highest BCUT2D eigenvalue weighted by atomic mass is 15.2. The van der Waals surface area contributed by atoms with Crippen LogP contribution in [0.1, 0.15) is 116 Å². The number of piperidine rings is 1. The Bertz CT molecular complexity index is 1060. The summed E-state index contributed by atoms with van der Waals surface area (Å²) in [5.74, 6) is 1.08. The molecule has 2 saturated carbocycles. The Labute approximate surface area is 265 Å². The van der Waals surface area contributed by atoms with Crippen LogP contribution in [0, 0.1) is 16.7 Å². The van der Waals surface area contributed by atoms with Crippen molar-refractivity contribution in [3.8, 4) is 0 Å². The molecule has 2 heterocycles. The molecule has 0 radical (unpaired) electrons. The topological polar surface area (TPSA) is 21.8 Å². The van der Waals surface area contributed by atoms with Gasteiger partial charge in [-0.05, 0) is 118 Å². The van der Waals surface area contributed by atoms with Gasteiger partial charge in [-0.2, -0.15) is 0 Å². The molecule has 1 N–H and O–H groups in total. The van der Waals surface area contributed by atoms with E-state index < -0.39 is 0 Å². The quantitative estimate of drug-likeness (QED) is 0.206. The molecule has 240 valence electrons. The van der Waals surface area contributed by atoms with Crippen molar-refractivity contribution in [3.05, 3.63) is 60.8 Å². The zero-order chi connectivity index (χ0) is 31.0. The minimum Gasteiger partial charge on any atom is -0.390 e. The summed E-state index contributed by atoms with van der Waals surface area (Å²) in [7, 11) is 1.95. The first kappa shape index (κ1) is 33.7. The normalized spacial score (nSPS) is 21.0. The highest BCUT2D eigenvalue weighted by Gasteiger charge is 2.47. The van der Waals surface area contributed by atoms with Gasteiger partial charge in [-0.1, -0.05) is 59.4 Å². The van der Waals surface area contributed by atoms with Crippen LogP contribution in [0.5, 0.6) is 0 Å². The summed E-state index contributed by atoms with van der Waals surface area (Å²) in [4.78, 5) is 7.66. The first-order chi connectivity index (χ1) is 20.8. The van der Waals surface area contributed by atoms with E-state index in [1.165, 1.54) is 87.8 Å². The number of hydrogen-bond donors (Lipinski definition) is 1. The smallest absolute Gasteiger partial charge is 0.0688 e. The van der Waals surface area contributed by atoms with Crippen LogP contribution in [0.15, 0.2) is 49.7 Å². The molecule has 4 aliphatic rings. The van der Waals surface area contributed by atoms with E-state index in [9.17, 15) is 0 Å². The lowest BCUT2D eigenvalue weighted by Crippen LogP contribution is -2.48. The van der Waals surface area contributed by atoms with Gasteiger partial charge in [0.1, 0.15) is 0 Å². The average Bonchev–Trinajstić information content (AvgIpc) is 3.71. The largest absolute Gasteiger partial charge is 0.390 e. The number of nitrogens with zero attached hydrogens (tertiary/aromatic N) is 3. The van der Waals surface area contributed by atoms with Gasteiger partial charge in [0.25, 0.3) is 0 Å². The molecule has 3 fully saturated rings. The van der Waals surface area contributed by atoms with Gasteiger partial charge in [0.05, 0.1) is 6.04 Å². The van der Waals surface area contributed by atoms with Crippen molar-refractivity contribution >= 4 is 11.4 Å². The van der Waals surface area contributed by atoms with E-state index in [1.54, 1.807) is 12.8 Å². The summed E-state index contributed by atoms with van der Waals surface area (Å²) in [6.45, 7) is 29.1. The molecule has 4 heteroatoms. The molecule has 2 aliphatic carbocycles. The Hall–Kier alpha value is -2.20. The predicted molar refractivity (Wildman–Crippen MR) is 188 cm³/mol. The molecule has 1 atom stereocenters. The molecule has 43 heavy (non-hydrogen) atoms. The number of likely N-dealkylation sites (N-methyl/N-ethyl adjacent to an activating group) is 1. The van der Waals surface area contributed by atoms with Gasteiger partial charge in [0.2, 0.25) is 0 Å². The van der Waals surface area contributed by atoms with Gasteiger partial charge in [0, 0.05) is 55.9 Å². The third-order valence-electron chi connectivity index (χ3n) is 11.4. The minimum absolute atomic E-state index is 0.240. The highest BCUT2D eigenvalue weighted by Crippen LogP contribution is 2.55. The summed E-state index contributed by atoms with van der Waals surface area (Å²) in [5.41, 5.74) is 7.69. The number of allylic oxidation sites excluding steroid dienone is 1. The fraction of sp³-hybridized carbons (Fsp3) is 0.692. The van der Waals surface area contributed by atoms with Gasteiger partial charge < -0.3 is 20.0 Å². The lowest BCUT2D eigenvalue weighted by molar-refractivity contribution is -0.0188. The van der Waals surface area contributed by atoms with E-state index in [2.05, 4.69) is 85.6 Å². The minimum atomic E-state index is 0.240. The second-order valence-electron chi connectivity index (χ2n) is 14.4. The average molecular weight is 589 g/mol. The van der Waals surface area contributed by atoms with E-state index in [0.29, 0.717) is 0 Å². The van der Waals surface area contributed by atoms with Gasteiger partial charge in [-0.25, -0.2) is 0 Å². The van der Waals surface area contributed by atoms with E-state index in [4.69, 9.17) is 0 Å². The van der Waals surface area contributed by atoms with Crippen molar-refractivity contribution < 1.29 is 0 Å². The van der Waals surface area contributed by atoms with Crippen molar-refractivity contribution in [2.75, 3.05) is 44.7 Å². The van der Waals surface area contributed by atoms with Crippen LogP contribution in [0.25, 0.3) is 5.70 Å². The van der Waals surface area contributed by atoms with Gasteiger partial charge in [-0.3, -0.25) is 0 Å². The van der Waals surface area contributed by atoms with Crippen LogP contribution in [0.3, 0.4) is 0 Å². The fourth-order valence-corrected chi connectivity index (χ4v) is 8.11. The number of anilines is 1. The number of rotatable bonds is 15. The third-order valence-corrected chi connectivity index (χ3v) is 11.4. The molecule has 1 aromatic rings. The van der Waals surface area contributed by atoms with E-state index in [0.717, 1.165) is 60.6 Å². The van der Waals surface area contributed by atoms with Gasteiger partial charge >= 0.3 is 0 Å². The summed E-state index contributed by atoms with van der Waals surface area (Å²) >= 11 is 0. The molecule has 1 unspecified atom stereocenters. The van der Waals surface area contributed by atoms with Crippen LogP contribution in [0.2, 0.25) is 0 Å². The molecule has 4 nitrogen and oxygen atoms in total. The Morgan fingerprint density at radius 3 is 2.28 bits per heavy atom. The maximum atomic E-state index is 4.39. The Kier molecular flexibility index (Phi) is 11.9. The van der Waals surface area contributed by atoms with Crippen LogP contribution in [-0.2, 0) is 6.54 Å². The fourth-order valence-electron chi connectivity index (χ4n) is 8.11. The van der Waals surface area contributed by atoms with Crippen molar-refractivity contribution in [3.63, 3.8) is 0 Å². The number of hydrogen-bond acceptors (Lipinski definition) is 4. The highest BCUT2D eigenvalue weighted by molar-refractivity contribution is 5.72. The molecular weight excluding hydrogens is 524 g/mol. The second-order valence-corrected chi connectivity index (χ2v) is 14.4. The lowest BCUT2D eigenvalue weighted by Gasteiger charge is -2.52. The van der Waals surface area contributed by atoms with Crippen molar-refractivity contribution in [2.45, 2.75) is 117 Å². The molecule has 0 amide bonds. The lowest BCUT2D eigenvalue weighted by atomic mass is 9.57. The van der Waals surface area contributed by atoms with E-state index in [-0.39, 0.29) is 6.04 Å². The van der Waals surface area contributed by atoms with Gasteiger partial charge in [0.15, 0.2) is 0 Å². The Morgan fingerprint density at radius 2 is 1.74 bits per heavy atom. The maximum Gasteiger partial charge on any atom is 0.0688 e. The SMILES string of the molecule is C=CCCC(C(=C)NC)N1Cc2cc(N(CCC)CCC)ccc2C1=C.CCC1CC2(CCN(CC3(CC)CC3)CC2)C1. The van der Waals surface area contributed by atoms with Crippen LogP contribution < -0.4 is 10.2 Å². The first-order valence-corrected chi connectivity index (χ1v) is 17.8. The predicted octanol–water partition coefficient (Wildman–Crippen LogP) is 9.25. The number of fused-ring (bicyclic) bond motifs is 1. The van der Waals surface area contributed by atoms with Crippen molar-refractivity contribution in [1.29, 1.82) is 0 Å². The van der Waals surface area contributed by atoms with Crippen LogP contribution in [-0.4, -0.2) is 55.6 Å². The maximum absolute atomic E-state index is 4.39. The Balaban J connectivity index is 0.000000213. The first-order valence-electron chi connectivity index (χ1n) is 17.8. The van der Waals surface area contributed by atoms with Crippen molar-refractivity contribution in [1.82, 2.24) is 15.1 Å². The van der Waals surface area contributed by atoms with Crippen LogP contribution in [0.4, 0.5) is 5.69 Å². The standard InChI is InChI=1S/C23H35N3.C16H29N/c1-7-10-11-23(18(4)24-6)26-17-20-16-21(12-13-22(20)19(26)5)25(14-8-2)15-9-3;1-3-14-11-16(12-14)7-9-17(10-8-16)13-15(4-2)5-6-15/h7,12-13,16,23-24H,1,4-5,8-11,14-15,17H2,2-3,6H3;14H,3-13H2,1-2H3. The molecule has 2 aliphatic heterocycles. The molecule has 1 aromatic carbocycles. The Morgan fingerprint density at radius 1 is 1.07 bits per heavy atom. The molecule has 5 rings (SSSR count). The molecular formula is C39H64N4. The van der Waals surface area contributed by atoms with Gasteiger partial charge in [-0.15, -0.1) is 6.58 Å². The van der Waals surface area contributed by atoms with Crippen LogP contribution >= 0.6 is 0 Å². The summed E-state index contributed by atoms with van der Waals surface area (Å²) in [6, 6.07) is 7.10. The summed E-state index contributed by atoms with van der Waals surface area (Å²) in [6.07, 6.45) is 18.2. The molecule has 0 bridgehead atoms. The number of nitrogens with one attached hydrogen (secondary N) is 1. The number of benzene rings is 1. The summed E-state index contributed by atoms with van der Waals surface area (Å²) in [5, 5.41) is 3.24. The third kappa shape index (κ3) is 8.10. The zero-order valence-electron chi connectivity index (χ0n) is 28.7. The number of likely N-dealkylation sites (tertiary alicyclic amines) is 1. The van der Waals surface area contributed by atoms with E-state index in [1.807, 2.05) is 13.1 Å². The zero-order valence-corrected chi connectivity index (χ0v) is 28.7. The monoisotopic (exact) mass is 589 g/mol. The van der Waals surface area contributed by atoms with Crippen molar-refractivity contribution in [2.24, 2.45) is 16.7 Å². The molecule has 1 spiro atoms. The summed E-state index contributed by atoms with van der Waals surface area (Å²) < 4.78 is 0. The molecule has 1 saturated heterocycles.